The highest BCUT2D eigenvalue weighted by molar-refractivity contribution is 6.12. The molecule has 0 saturated heterocycles. The van der Waals surface area contributed by atoms with E-state index in [4.69, 9.17) is 14.2 Å². The highest BCUT2D eigenvalue weighted by Crippen LogP contribution is 2.46. The fourth-order valence-corrected chi connectivity index (χ4v) is 4.47. The first-order valence-electron chi connectivity index (χ1n) is 11.0. The molecule has 1 aromatic carbocycles. The molecule has 0 bridgehead atoms. The van der Waals surface area contributed by atoms with Crippen LogP contribution in [0.4, 0.5) is 4.39 Å². The van der Waals surface area contributed by atoms with E-state index in [0.717, 1.165) is 0 Å². The van der Waals surface area contributed by atoms with Crippen molar-refractivity contribution < 1.29 is 33.0 Å². The van der Waals surface area contributed by atoms with Gasteiger partial charge < -0.3 is 19.5 Å². The first-order valence-corrected chi connectivity index (χ1v) is 11.0. The van der Waals surface area contributed by atoms with Gasteiger partial charge in [-0.15, -0.1) is 0 Å². The number of ether oxygens (including phenoxy) is 3. The number of Topliss-reactive ketones (excluding diaryl/α,β-unsaturated/α-hetero) is 1. The SMILES string of the molecule is COC(=O)[C@H]1C(=O)C2=C(C[C@H]1C)NC(C)=C(C(=O)OCCOC(C)C)[C@H]2c1ccccc1F. The molecule has 0 amide bonds. The summed E-state index contributed by atoms with van der Waals surface area (Å²) in [4.78, 5) is 39.1. The predicted octanol–water partition coefficient (Wildman–Crippen LogP) is 3.41. The molecule has 1 heterocycles. The molecule has 3 atom stereocenters. The number of dihydropyridines is 1. The summed E-state index contributed by atoms with van der Waals surface area (Å²) in [5.41, 5.74) is 1.56. The highest BCUT2D eigenvalue weighted by Gasteiger charge is 2.47. The van der Waals surface area contributed by atoms with Gasteiger partial charge in [0, 0.05) is 22.5 Å². The number of carbonyl (C=O) groups excluding carboxylic acids is 3. The number of hydrogen-bond acceptors (Lipinski definition) is 7. The summed E-state index contributed by atoms with van der Waals surface area (Å²) in [7, 11) is 1.23. The van der Waals surface area contributed by atoms with E-state index in [1.54, 1.807) is 19.9 Å². The van der Waals surface area contributed by atoms with Crippen LogP contribution in [0.2, 0.25) is 0 Å². The normalized spacial score (nSPS) is 22.8. The summed E-state index contributed by atoms with van der Waals surface area (Å²) in [6.07, 6.45) is 0.366. The Bertz CT molecular complexity index is 1010. The van der Waals surface area contributed by atoms with Crippen molar-refractivity contribution in [3.05, 3.63) is 58.2 Å². The summed E-state index contributed by atoms with van der Waals surface area (Å²) in [6.45, 7) is 7.45. The maximum Gasteiger partial charge on any atom is 0.336 e. The molecule has 178 valence electrons. The van der Waals surface area contributed by atoms with Gasteiger partial charge in [-0.2, -0.15) is 0 Å². The summed E-state index contributed by atoms with van der Waals surface area (Å²) in [5, 5.41) is 3.15. The zero-order valence-corrected chi connectivity index (χ0v) is 19.6. The first-order chi connectivity index (χ1) is 15.7. The van der Waals surface area contributed by atoms with Gasteiger partial charge >= 0.3 is 11.9 Å². The Morgan fingerprint density at radius 1 is 1.21 bits per heavy atom. The lowest BCUT2D eigenvalue weighted by molar-refractivity contribution is -0.151. The quantitative estimate of drug-likeness (QED) is 0.380. The predicted molar refractivity (Wildman–Crippen MR) is 118 cm³/mol. The van der Waals surface area contributed by atoms with Crippen molar-refractivity contribution in [2.45, 2.75) is 46.1 Å². The fourth-order valence-electron chi connectivity index (χ4n) is 4.47. The minimum absolute atomic E-state index is 0.0133. The van der Waals surface area contributed by atoms with Crippen molar-refractivity contribution >= 4 is 17.7 Å². The Hall–Kier alpha value is -3.00. The first kappa shape index (κ1) is 24.6. The maximum absolute atomic E-state index is 15.0. The molecule has 8 heteroatoms. The number of nitrogens with one attached hydrogen (secondary N) is 1. The Kier molecular flexibility index (Phi) is 7.68. The minimum atomic E-state index is -1.03. The number of carbonyl (C=O) groups is 3. The number of benzene rings is 1. The molecular formula is C25H30FNO6. The Balaban J connectivity index is 2.05. The van der Waals surface area contributed by atoms with Crippen LogP contribution >= 0.6 is 0 Å². The van der Waals surface area contributed by atoms with Crippen LogP contribution in [-0.2, 0) is 28.6 Å². The third kappa shape index (κ3) is 5.00. The minimum Gasteiger partial charge on any atom is -0.468 e. The van der Waals surface area contributed by atoms with Crippen molar-refractivity contribution in [3.8, 4) is 0 Å². The van der Waals surface area contributed by atoms with Crippen LogP contribution in [0.3, 0.4) is 0 Å². The van der Waals surface area contributed by atoms with E-state index in [2.05, 4.69) is 5.32 Å². The molecule has 1 aromatic rings. The van der Waals surface area contributed by atoms with Gasteiger partial charge in [-0.25, -0.2) is 9.18 Å². The molecule has 7 nitrogen and oxygen atoms in total. The van der Waals surface area contributed by atoms with Gasteiger partial charge in [-0.3, -0.25) is 9.59 Å². The Labute approximate surface area is 193 Å². The average molecular weight is 460 g/mol. The van der Waals surface area contributed by atoms with E-state index in [9.17, 15) is 18.8 Å². The van der Waals surface area contributed by atoms with Gasteiger partial charge in [0.05, 0.1) is 31.3 Å². The number of allylic oxidation sites excluding steroid dienone is 3. The smallest absolute Gasteiger partial charge is 0.336 e. The lowest BCUT2D eigenvalue weighted by atomic mass is 9.69. The van der Waals surface area contributed by atoms with E-state index in [-0.39, 0.29) is 41.9 Å². The largest absolute Gasteiger partial charge is 0.468 e. The van der Waals surface area contributed by atoms with Gasteiger partial charge in [0.1, 0.15) is 18.3 Å². The molecule has 1 aliphatic carbocycles. The zero-order chi connectivity index (χ0) is 24.3. The third-order valence-corrected chi connectivity index (χ3v) is 5.95. The molecular weight excluding hydrogens is 429 g/mol. The maximum atomic E-state index is 15.0. The number of ketones is 1. The van der Waals surface area contributed by atoms with Crippen molar-refractivity contribution in [3.63, 3.8) is 0 Å². The number of methoxy groups -OCH3 is 1. The van der Waals surface area contributed by atoms with E-state index in [1.807, 2.05) is 13.8 Å². The number of rotatable bonds is 7. The van der Waals surface area contributed by atoms with Crippen LogP contribution < -0.4 is 5.32 Å². The molecule has 0 spiro atoms. The van der Waals surface area contributed by atoms with E-state index in [1.165, 1.54) is 25.3 Å². The second kappa shape index (κ2) is 10.3. The van der Waals surface area contributed by atoms with Gasteiger partial charge in [0.15, 0.2) is 5.78 Å². The zero-order valence-electron chi connectivity index (χ0n) is 19.6. The van der Waals surface area contributed by atoms with E-state index < -0.39 is 35.4 Å². The summed E-state index contributed by atoms with van der Waals surface area (Å²) in [6, 6.07) is 6.00. The number of hydrogen-bond donors (Lipinski definition) is 1. The van der Waals surface area contributed by atoms with Crippen molar-refractivity contribution in [2.75, 3.05) is 20.3 Å². The second-order valence-electron chi connectivity index (χ2n) is 8.61. The van der Waals surface area contributed by atoms with E-state index >= 15 is 0 Å². The van der Waals surface area contributed by atoms with Gasteiger partial charge in [-0.05, 0) is 39.2 Å². The molecule has 0 radical (unpaired) electrons. The van der Waals surface area contributed by atoms with Gasteiger partial charge in [-0.1, -0.05) is 25.1 Å². The summed E-state index contributed by atoms with van der Waals surface area (Å²) >= 11 is 0. The van der Waals surface area contributed by atoms with Crippen LogP contribution in [0.1, 0.15) is 45.6 Å². The molecule has 33 heavy (non-hydrogen) atoms. The highest BCUT2D eigenvalue weighted by atomic mass is 19.1. The fraction of sp³-hybridized carbons (Fsp3) is 0.480. The van der Waals surface area contributed by atoms with E-state index in [0.29, 0.717) is 17.8 Å². The Morgan fingerprint density at radius 2 is 1.91 bits per heavy atom. The standard InChI is InChI=1S/C25H30FNO6/c1-13(2)32-10-11-33-25(30)20-15(4)27-18-12-14(3)19(24(29)31-5)23(28)22(18)21(20)16-8-6-7-9-17(16)26/h6-9,13-14,19,21,27H,10-12H2,1-5H3/t14-,19-,21-/m1/s1. The van der Waals surface area contributed by atoms with Crippen molar-refractivity contribution in [2.24, 2.45) is 11.8 Å². The Morgan fingerprint density at radius 3 is 2.55 bits per heavy atom. The third-order valence-electron chi connectivity index (χ3n) is 5.95. The second-order valence-corrected chi connectivity index (χ2v) is 8.61. The molecule has 0 unspecified atom stereocenters. The van der Waals surface area contributed by atoms with Crippen LogP contribution in [0.25, 0.3) is 0 Å². The topological polar surface area (TPSA) is 90.9 Å². The summed E-state index contributed by atoms with van der Waals surface area (Å²) in [5.74, 6) is -4.70. The molecule has 1 N–H and O–H groups in total. The van der Waals surface area contributed by atoms with Crippen LogP contribution in [0, 0.1) is 17.7 Å². The van der Waals surface area contributed by atoms with Crippen molar-refractivity contribution in [1.82, 2.24) is 5.32 Å². The van der Waals surface area contributed by atoms with Crippen molar-refractivity contribution in [1.29, 1.82) is 0 Å². The average Bonchev–Trinajstić information content (AvgIpc) is 2.75. The molecule has 3 rings (SSSR count). The van der Waals surface area contributed by atoms with Crippen LogP contribution in [0.15, 0.2) is 46.8 Å². The molecule has 0 fully saturated rings. The van der Waals surface area contributed by atoms with Gasteiger partial charge in [0.2, 0.25) is 0 Å². The molecule has 0 aromatic heterocycles. The summed E-state index contributed by atoms with van der Waals surface area (Å²) < 4.78 is 30.7. The molecule has 0 saturated carbocycles. The van der Waals surface area contributed by atoms with Gasteiger partial charge in [0.25, 0.3) is 0 Å². The number of halogens is 1. The molecule has 2 aliphatic rings. The lowest BCUT2D eigenvalue weighted by Crippen LogP contribution is -2.43. The van der Waals surface area contributed by atoms with Crippen LogP contribution in [0.5, 0.6) is 0 Å². The monoisotopic (exact) mass is 459 g/mol. The number of esters is 2. The molecule has 1 aliphatic heterocycles. The lowest BCUT2D eigenvalue weighted by Gasteiger charge is -2.38. The van der Waals surface area contributed by atoms with Crippen LogP contribution in [-0.4, -0.2) is 44.1 Å².